The Bertz CT molecular complexity index is 1160. The Hall–Kier alpha value is -3.25. The molecule has 1 aromatic heterocycles. The Morgan fingerprint density at radius 3 is 2.61 bits per heavy atom. The third kappa shape index (κ3) is 2.92. The van der Waals surface area contributed by atoms with Gasteiger partial charge in [0.1, 0.15) is 11.2 Å². The third-order valence-corrected chi connectivity index (χ3v) is 4.80. The van der Waals surface area contributed by atoms with Crippen molar-refractivity contribution in [1.29, 1.82) is 0 Å². The average Bonchev–Trinajstić information content (AvgIpc) is 2.68. The molecule has 0 fully saturated rings. The zero-order chi connectivity index (χ0) is 19.8. The number of halogens is 1. The number of hydrogen-bond donors (Lipinski definition) is 1. The van der Waals surface area contributed by atoms with Gasteiger partial charge in [0.2, 0.25) is 5.88 Å². The minimum Gasteiger partial charge on any atom is -0.462 e. The first-order chi connectivity index (χ1) is 13.5. The van der Waals surface area contributed by atoms with E-state index in [1.54, 1.807) is 55.5 Å². The molecule has 142 valence electrons. The lowest BCUT2D eigenvalue weighted by Gasteiger charge is -2.28. The zero-order valence-corrected chi connectivity index (χ0v) is 15.7. The van der Waals surface area contributed by atoms with Crippen LogP contribution in [0.5, 0.6) is 5.75 Å². The van der Waals surface area contributed by atoms with Crippen LogP contribution in [0.15, 0.2) is 69.2 Å². The highest BCUT2D eigenvalue weighted by molar-refractivity contribution is 6.30. The fraction of sp³-hybridized carbons (Fsp3) is 0.143. The van der Waals surface area contributed by atoms with Crippen LogP contribution in [0.2, 0.25) is 5.02 Å². The lowest BCUT2D eigenvalue weighted by molar-refractivity contribution is -0.139. The van der Waals surface area contributed by atoms with Crippen LogP contribution in [0.1, 0.15) is 24.0 Å². The first-order valence-corrected chi connectivity index (χ1v) is 9.05. The number of esters is 1. The Morgan fingerprint density at radius 2 is 1.89 bits per heavy atom. The van der Waals surface area contributed by atoms with E-state index in [-0.39, 0.29) is 29.4 Å². The maximum atomic E-state index is 12.9. The highest BCUT2D eigenvalue weighted by atomic mass is 35.5. The van der Waals surface area contributed by atoms with Crippen molar-refractivity contribution in [2.75, 3.05) is 6.61 Å². The van der Waals surface area contributed by atoms with Crippen LogP contribution in [0.4, 0.5) is 0 Å². The average molecular weight is 398 g/mol. The van der Waals surface area contributed by atoms with Crippen molar-refractivity contribution in [2.24, 2.45) is 5.73 Å². The van der Waals surface area contributed by atoms with Gasteiger partial charge in [-0.3, -0.25) is 0 Å². The quantitative estimate of drug-likeness (QED) is 0.535. The smallest absolute Gasteiger partial charge is 0.344 e. The number of ether oxygens (including phenoxy) is 2. The van der Waals surface area contributed by atoms with E-state index in [2.05, 4.69) is 0 Å². The second kappa shape index (κ2) is 7.05. The predicted molar refractivity (Wildman–Crippen MR) is 104 cm³/mol. The standard InChI is InChI=1S/C21H16ClNO5/c1-2-26-20(24)17-15(11-7-9-12(22)10-8-11)16-18(28-19(17)23)13-5-3-4-6-14(13)27-21(16)25/h3-10,15H,2,23H2,1H3/t15-/m0/s1. The Kier molecular flexibility index (Phi) is 4.57. The van der Waals surface area contributed by atoms with Crippen molar-refractivity contribution in [3.8, 4) is 5.75 Å². The van der Waals surface area contributed by atoms with Crippen molar-refractivity contribution in [3.05, 3.63) is 86.6 Å². The van der Waals surface area contributed by atoms with Crippen LogP contribution in [0.3, 0.4) is 0 Å². The minimum atomic E-state index is -0.805. The van der Waals surface area contributed by atoms with Gasteiger partial charge in [-0.2, -0.15) is 0 Å². The van der Waals surface area contributed by atoms with Crippen LogP contribution >= 0.6 is 11.6 Å². The third-order valence-electron chi connectivity index (χ3n) is 4.55. The number of para-hydroxylation sites is 1. The molecule has 1 aliphatic heterocycles. The summed E-state index contributed by atoms with van der Waals surface area (Å²) >= 11 is 6.00. The van der Waals surface area contributed by atoms with Crippen molar-refractivity contribution in [1.82, 2.24) is 0 Å². The number of nitrogens with two attached hydrogens (primary N) is 1. The van der Waals surface area contributed by atoms with Crippen LogP contribution < -0.4 is 16.1 Å². The van der Waals surface area contributed by atoms with E-state index in [1.165, 1.54) is 0 Å². The molecule has 0 radical (unpaired) electrons. The molecule has 0 saturated heterocycles. The van der Waals surface area contributed by atoms with E-state index in [4.69, 9.17) is 31.2 Å². The van der Waals surface area contributed by atoms with E-state index < -0.39 is 17.5 Å². The van der Waals surface area contributed by atoms with Gasteiger partial charge in [-0.05, 0) is 36.8 Å². The molecule has 0 amide bonds. The van der Waals surface area contributed by atoms with E-state index in [1.807, 2.05) is 0 Å². The summed E-state index contributed by atoms with van der Waals surface area (Å²) in [4.78, 5) is 25.5. The normalized spacial score (nSPS) is 15.9. The molecule has 7 heteroatoms. The number of benzene rings is 2. The molecule has 0 unspecified atom stereocenters. The molecule has 3 aromatic rings. The highest BCUT2D eigenvalue weighted by Crippen LogP contribution is 2.44. The number of carbonyl (C=O) groups excluding carboxylic acids is 1. The Morgan fingerprint density at radius 1 is 1.18 bits per heavy atom. The number of fused-ring (bicyclic) bond motifs is 3. The monoisotopic (exact) mass is 397 g/mol. The second-order valence-electron chi connectivity index (χ2n) is 6.21. The van der Waals surface area contributed by atoms with Gasteiger partial charge in [-0.1, -0.05) is 35.9 Å². The molecule has 0 spiro atoms. The molecule has 28 heavy (non-hydrogen) atoms. The largest absolute Gasteiger partial charge is 0.462 e. The number of hydrogen-bond acceptors (Lipinski definition) is 6. The van der Waals surface area contributed by atoms with Gasteiger partial charge in [0.25, 0.3) is 0 Å². The van der Waals surface area contributed by atoms with Gasteiger partial charge in [0, 0.05) is 5.02 Å². The maximum Gasteiger partial charge on any atom is 0.344 e. The topological polar surface area (TPSA) is 91.8 Å². The summed E-state index contributed by atoms with van der Waals surface area (Å²) in [5, 5.41) is 1.11. The molecular formula is C21H16ClNO5. The molecule has 2 heterocycles. The van der Waals surface area contributed by atoms with Crippen molar-refractivity contribution >= 4 is 28.5 Å². The van der Waals surface area contributed by atoms with Crippen LogP contribution in [-0.2, 0) is 9.53 Å². The number of rotatable bonds is 3. The Balaban J connectivity index is 2.03. The summed E-state index contributed by atoms with van der Waals surface area (Å²) in [5.74, 6) is -1.29. The van der Waals surface area contributed by atoms with Crippen molar-refractivity contribution < 1.29 is 18.7 Å². The van der Waals surface area contributed by atoms with Crippen LogP contribution in [0.25, 0.3) is 11.0 Å². The molecule has 1 aliphatic rings. The van der Waals surface area contributed by atoms with E-state index in [9.17, 15) is 9.59 Å². The Labute approximate surface area is 165 Å². The first kappa shape index (κ1) is 18.1. The van der Waals surface area contributed by atoms with E-state index >= 15 is 0 Å². The molecule has 4 rings (SSSR count). The van der Waals surface area contributed by atoms with Gasteiger partial charge in [-0.25, -0.2) is 9.59 Å². The summed E-state index contributed by atoms with van der Waals surface area (Å²) in [7, 11) is 0. The summed E-state index contributed by atoms with van der Waals surface area (Å²) in [6.07, 6.45) is 0. The molecule has 1 atom stereocenters. The minimum absolute atomic E-state index is 0.0549. The maximum absolute atomic E-state index is 12.9. The molecule has 0 aliphatic carbocycles. The summed E-state index contributed by atoms with van der Waals surface area (Å²) < 4.78 is 16.4. The number of carbonyl (C=O) groups is 1. The molecule has 2 aromatic carbocycles. The van der Waals surface area contributed by atoms with Crippen molar-refractivity contribution in [3.63, 3.8) is 0 Å². The molecule has 0 saturated carbocycles. The molecular weight excluding hydrogens is 382 g/mol. The van der Waals surface area contributed by atoms with E-state index in [0.29, 0.717) is 21.6 Å². The molecule has 6 nitrogen and oxygen atoms in total. The van der Waals surface area contributed by atoms with E-state index in [0.717, 1.165) is 0 Å². The molecule has 0 bridgehead atoms. The summed E-state index contributed by atoms with van der Waals surface area (Å²) in [5.41, 5.74) is 6.77. The lowest BCUT2D eigenvalue weighted by atomic mass is 9.83. The zero-order valence-electron chi connectivity index (χ0n) is 14.9. The van der Waals surface area contributed by atoms with Gasteiger partial charge in [0.15, 0.2) is 5.75 Å². The predicted octanol–water partition coefficient (Wildman–Crippen LogP) is 3.70. The van der Waals surface area contributed by atoms with Crippen LogP contribution in [-0.4, -0.2) is 12.6 Å². The SMILES string of the molecule is CCOC(=O)C1=C(N)Oc2c(c(=O)oc3ccccc23)[C@@H]1c1ccc(Cl)cc1. The second-order valence-corrected chi connectivity index (χ2v) is 6.65. The fourth-order valence-corrected chi connectivity index (χ4v) is 3.49. The lowest BCUT2D eigenvalue weighted by Crippen LogP contribution is -2.31. The van der Waals surface area contributed by atoms with Crippen LogP contribution in [0, 0.1) is 0 Å². The summed E-state index contributed by atoms with van der Waals surface area (Å²) in [6, 6.07) is 13.8. The van der Waals surface area contributed by atoms with Gasteiger partial charge >= 0.3 is 11.6 Å². The molecule has 2 N–H and O–H groups in total. The van der Waals surface area contributed by atoms with Gasteiger partial charge < -0.3 is 19.6 Å². The van der Waals surface area contributed by atoms with Gasteiger partial charge in [-0.15, -0.1) is 0 Å². The van der Waals surface area contributed by atoms with Gasteiger partial charge in [0.05, 0.1) is 23.5 Å². The first-order valence-electron chi connectivity index (χ1n) is 8.67. The summed E-state index contributed by atoms with van der Waals surface area (Å²) in [6.45, 7) is 1.84. The highest BCUT2D eigenvalue weighted by Gasteiger charge is 2.39. The van der Waals surface area contributed by atoms with Crippen molar-refractivity contribution in [2.45, 2.75) is 12.8 Å². The fourth-order valence-electron chi connectivity index (χ4n) is 3.36.